The van der Waals surface area contributed by atoms with Crippen LogP contribution in [0.25, 0.3) is 0 Å². The molecule has 0 aromatic heterocycles. The van der Waals surface area contributed by atoms with Crippen LogP contribution in [0.1, 0.15) is 59.3 Å². The van der Waals surface area contributed by atoms with E-state index in [4.69, 9.17) is 61.0 Å². The van der Waals surface area contributed by atoms with Gasteiger partial charge in [-0.15, -0.1) is 0 Å². The molecule has 10 nitrogen and oxygen atoms in total. The summed E-state index contributed by atoms with van der Waals surface area (Å²) in [4.78, 5) is 53.4. The Hall–Kier alpha value is -4.48. The summed E-state index contributed by atoms with van der Waals surface area (Å²) >= 11 is 24.8. The van der Waals surface area contributed by atoms with E-state index in [9.17, 15) is 19.2 Å². The number of likely N-dealkylation sites (N-methyl/N-ethyl adjacent to an activating group) is 1. The van der Waals surface area contributed by atoms with Gasteiger partial charge in [0.05, 0.1) is 38.0 Å². The second kappa shape index (κ2) is 17.8. The Morgan fingerprint density at radius 2 is 1.02 bits per heavy atom. The Kier molecular flexibility index (Phi) is 13.4. The Bertz CT molecular complexity index is 2030. The fraction of sp³-hybridized carbons (Fsp3) is 0.300. The average Bonchev–Trinajstić information content (AvgIpc) is 3.66. The summed E-state index contributed by atoms with van der Waals surface area (Å²) in [6.45, 7) is 4.22. The van der Waals surface area contributed by atoms with Crippen molar-refractivity contribution in [1.82, 2.24) is 14.7 Å². The van der Waals surface area contributed by atoms with Gasteiger partial charge in [0.15, 0.2) is 13.2 Å². The molecule has 0 fully saturated rings. The number of nitrogens with zero attached hydrogens (tertiary/aromatic N) is 3. The molecule has 0 bridgehead atoms. The molecule has 4 aromatic carbocycles. The molecular weight excluding hydrogens is 776 g/mol. The normalized spacial score (nSPS) is 15.5. The lowest BCUT2D eigenvalue weighted by Gasteiger charge is -2.22. The van der Waals surface area contributed by atoms with Crippen LogP contribution < -0.4 is 9.47 Å². The van der Waals surface area contributed by atoms with E-state index in [2.05, 4.69) is 0 Å². The number of carbonyl (C=O) groups excluding carboxylic acids is 3. The van der Waals surface area contributed by atoms with Crippen LogP contribution in [0.3, 0.4) is 0 Å². The number of aliphatic carboxylic acids is 1. The van der Waals surface area contributed by atoms with Gasteiger partial charge in [0.25, 0.3) is 5.91 Å². The second-order valence-corrected chi connectivity index (χ2v) is 14.7. The van der Waals surface area contributed by atoms with E-state index >= 15 is 0 Å². The first-order valence-corrected chi connectivity index (χ1v) is 18.5. The minimum Gasteiger partial charge on any atom is -0.483 e. The fourth-order valence-electron chi connectivity index (χ4n) is 6.43. The summed E-state index contributed by atoms with van der Waals surface area (Å²) in [5, 5.41) is 10.7. The lowest BCUT2D eigenvalue weighted by molar-refractivity contribution is -0.139. The predicted molar refractivity (Wildman–Crippen MR) is 208 cm³/mol. The zero-order valence-electron chi connectivity index (χ0n) is 30.1. The maximum absolute atomic E-state index is 13.0. The summed E-state index contributed by atoms with van der Waals surface area (Å²) in [7, 11) is 3.37. The molecule has 0 aliphatic carbocycles. The fourth-order valence-corrected chi connectivity index (χ4v) is 7.49. The van der Waals surface area contributed by atoms with E-state index < -0.39 is 12.6 Å². The second-order valence-electron chi connectivity index (χ2n) is 13.1. The third-order valence-corrected chi connectivity index (χ3v) is 10.9. The summed E-state index contributed by atoms with van der Waals surface area (Å²) in [5.41, 5.74) is 4.97. The Labute approximate surface area is 334 Å². The van der Waals surface area contributed by atoms with Gasteiger partial charge in [-0.25, -0.2) is 4.79 Å². The first-order chi connectivity index (χ1) is 25.7. The number of ether oxygens (including phenoxy) is 2. The monoisotopic (exact) mass is 813 g/mol. The van der Waals surface area contributed by atoms with Crippen LogP contribution in [0, 0.1) is 0 Å². The molecule has 14 heteroatoms. The number of hydrogen-bond acceptors (Lipinski definition) is 6. The lowest BCUT2D eigenvalue weighted by Crippen LogP contribution is -2.30. The van der Waals surface area contributed by atoms with Crippen LogP contribution in [0.2, 0.25) is 20.1 Å². The first-order valence-electron chi connectivity index (χ1n) is 17.0. The zero-order valence-corrected chi connectivity index (χ0v) is 33.1. The highest BCUT2D eigenvalue weighted by molar-refractivity contribution is 6.36. The van der Waals surface area contributed by atoms with Crippen molar-refractivity contribution in [3.05, 3.63) is 126 Å². The van der Waals surface area contributed by atoms with Crippen molar-refractivity contribution in [3.8, 4) is 11.5 Å². The number of benzene rings is 4. The molecule has 3 amide bonds. The molecule has 2 aliphatic heterocycles. The van der Waals surface area contributed by atoms with E-state index in [0.29, 0.717) is 55.8 Å². The van der Waals surface area contributed by atoms with Crippen molar-refractivity contribution in [2.45, 2.75) is 51.9 Å². The molecular formula is C40H39Cl4N3O7. The lowest BCUT2D eigenvalue weighted by atomic mass is 10.1. The van der Waals surface area contributed by atoms with Gasteiger partial charge in [-0.1, -0.05) is 82.8 Å². The number of halogens is 4. The Balaban J connectivity index is 0.000000208. The standard InChI is InChI=1S/C21H22Cl2N2O3.C19H17Cl2NO4/c1-13-14-6-4-9-19(28-12-21(27)24(2)3)16(14)11-25(13)20(26)10-15-17(22)7-5-8-18(15)23;1-11-12-4-2-7-17(26-10-19(24)25)14(12)9-22(11)18(23)8-13-15(20)5-3-6-16(13)21/h4-9,13H,10-12H2,1-3H3;2-7,11H,8-10H2,1H3,(H,24,25). The minimum absolute atomic E-state index is 0.0407. The number of fused-ring (bicyclic) bond motifs is 2. The Morgan fingerprint density at radius 3 is 1.39 bits per heavy atom. The first kappa shape index (κ1) is 40.7. The number of hydrogen-bond donors (Lipinski definition) is 1. The molecule has 1 N–H and O–H groups in total. The van der Waals surface area contributed by atoms with Crippen molar-refractivity contribution < 1.29 is 33.8 Å². The molecule has 4 aromatic rings. The highest BCUT2D eigenvalue weighted by Gasteiger charge is 2.34. The SMILES string of the molecule is CC1c2cccc(OCC(=O)N(C)C)c2CN1C(=O)Cc1c(Cl)cccc1Cl.CC1c2cccc(OCC(=O)O)c2CN1C(=O)Cc1c(Cl)cccc1Cl. The van der Waals surface area contributed by atoms with Gasteiger partial charge in [0, 0.05) is 45.3 Å². The van der Waals surface area contributed by atoms with Crippen LogP contribution in [0.4, 0.5) is 0 Å². The topological polar surface area (TPSA) is 117 Å². The van der Waals surface area contributed by atoms with Crippen LogP contribution >= 0.6 is 46.4 Å². The van der Waals surface area contributed by atoms with E-state index in [1.165, 1.54) is 4.90 Å². The quantitative estimate of drug-likeness (QED) is 0.172. The molecule has 0 saturated carbocycles. The van der Waals surface area contributed by atoms with Crippen molar-refractivity contribution in [1.29, 1.82) is 0 Å². The van der Waals surface area contributed by atoms with Gasteiger partial charge in [0.2, 0.25) is 11.8 Å². The van der Waals surface area contributed by atoms with Gasteiger partial charge in [0.1, 0.15) is 11.5 Å². The molecule has 2 heterocycles. The molecule has 0 saturated heterocycles. The van der Waals surface area contributed by atoms with Crippen molar-refractivity contribution in [3.63, 3.8) is 0 Å². The predicted octanol–water partition coefficient (Wildman–Crippen LogP) is 8.21. The summed E-state index contributed by atoms with van der Waals surface area (Å²) < 4.78 is 11.1. The Morgan fingerprint density at radius 1 is 0.648 bits per heavy atom. The van der Waals surface area contributed by atoms with Crippen LogP contribution in [0.5, 0.6) is 11.5 Å². The van der Waals surface area contributed by atoms with E-state index in [-0.39, 0.29) is 49.3 Å². The van der Waals surface area contributed by atoms with Gasteiger partial charge in [-0.2, -0.15) is 0 Å². The summed E-state index contributed by atoms with van der Waals surface area (Å²) in [5.74, 6) is -0.213. The number of amides is 3. The van der Waals surface area contributed by atoms with Gasteiger partial charge < -0.3 is 29.3 Å². The molecule has 2 atom stereocenters. The highest BCUT2D eigenvalue weighted by atomic mass is 35.5. The maximum atomic E-state index is 13.0. The number of carbonyl (C=O) groups is 4. The van der Waals surface area contributed by atoms with Crippen LogP contribution in [0.15, 0.2) is 72.8 Å². The number of carboxylic acid groups (broad SMARTS) is 1. The molecule has 0 radical (unpaired) electrons. The smallest absolute Gasteiger partial charge is 0.341 e. The van der Waals surface area contributed by atoms with Crippen molar-refractivity contribution in [2.24, 2.45) is 0 Å². The minimum atomic E-state index is -1.05. The largest absolute Gasteiger partial charge is 0.483 e. The van der Waals surface area contributed by atoms with Gasteiger partial charge >= 0.3 is 5.97 Å². The maximum Gasteiger partial charge on any atom is 0.341 e. The zero-order chi connectivity index (χ0) is 39.3. The van der Waals surface area contributed by atoms with E-state index in [1.54, 1.807) is 72.4 Å². The summed E-state index contributed by atoms with van der Waals surface area (Å²) in [6, 6.07) is 21.2. The van der Waals surface area contributed by atoms with E-state index in [1.807, 2.05) is 38.1 Å². The summed E-state index contributed by atoms with van der Waals surface area (Å²) in [6.07, 6.45) is 0.230. The third-order valence-electron chi connectivity index (χ3n) is 9.45. The van der Waals surface area contributed by atoms with Crippen LogP contribution in [-0.4, -0.2) is 70.8 Å². The van der Waals surface area contributed by atoms with Gasteiger partial charge in [-0.05, 0) is 72.5 Å². The number of rotatable bonds is 10. The van der Waals surface area contributed by atoms with Gasteiger partial charge in [-0.3, -0.25) is 14.4 Å². The number of carboxylic acids is 1. The molecule has 284 valence electrons. The molecule has 54 heavy (non-hydrogen) atoms. The molecule has 0 spiro atoms. The third kappa shape index (κ3) is 9.24. The van der Waals surface area contributed by atoms with Crippen LogP contribution in [-0.2, 0) is 45.1 Å². The molecule has 2 aliphatic rings. The average molecular weight is 816 g/mol. The highest BCUT2D eigenvalue weighted by Crippen LogP contribution is 2.41. The van der Waals surface area contributed by atoms with E-state index in [0.717, 1.165) is 22.3 Å². The molecule has 2 unspecified atom stereocenters. The molecule has 6 rings (SSSR count). The van der Waals surface area contributed by atoms with Crippen molar-refractivity contribution >= 4 is 70.1 Å². The van der Waals surface area contributed by atoms with Crippen molar-refractivity contribution in [2.75, 3.05) is 27.3 Å².